The largest absolute Gasteiger partial charge is 0.398 e. The van der Waals surface area contributed by atoms with E-state index in [1.807, 2.05) is 44.2 Å². The third-order valence-electron chi connectivity index (χ3n) is 10.6. The quantitative estimate of drug-likeness (QED) is 0.143. The molecular weight excluding hydrogens is 645 g/mol. The third-order valence-corrected chi connectivity index (χ3v) is 10.6. The Morgan fingerprint density at radius 3 is 2.00 bits per heavy atom. The van der Waals surface area contributed by atoms with Crippen LogP contribution in [0.4, 0.5) is 5.69 Å². The Balaban J connectivity index is 0.000000888. The lowest BCUT2D eigenvalue weighted by Gasteiger charge is -2.10. The van der Waals surface area contributed by atoms with E-state index in [0.717, 1.165) is 28.1 Å². The van der Waals surface area contributed by atoms with Crippen molar-refractivity contribution in [3.8, 4) is 16.8 Å². The normalized spacial score (nSPS) is 13.4. The van der Waals surface area contributed by atoms with E-state index in [9.17, 15) is 0 Å². The van der Waals surface area contributed by atoms with Gasteiger partial charge in [-0.15, -0.1) is 0 Å². The van der Waals surface area contributed by atoms with Crippen LogP contribution in [0.15, 0.2) is 170 Å². The van der Waals surface area contributed by atoms with Gasteiger partial charge in [-0.2, -0.15) is 0 Å². The average Bonchev–Trinajstić information content (AvgIpc) is 3.83. The molecule has 0 radical (unpaired) electrons. The first kappa shape index (κ1) is 32.1. The van der Waals surface area contributed by atoms with Gasteiger partial charge in [0, 0.05) is 61.8 Å². The zero-order chi connectivity index (χ0) is 36.1. The summed E-state index contributed by atoms with van der Waals surface area (Å²) in [6.07, 6.45) is 8.25. The third kappa shape index (κ3) is 5.30. The van der Waals surface area contributed by atoms with Gasteiger partial charge in [0.1, 0.15) is 0 Å². The molecule has 2 heterocycles. The van der Waals surface area contributed by atoms with Crippen molar-refractivity contribution < 1.29 is 0 Å². The first-order valence-electron chi connectivity index (χ1n) is 18.2. The minimum absolute atomic E-state index is 0.667. The second-order valence-corrected chi connectivity index (χ2v) is 13.6. The molecule has 2 aromatic heterocycles. The summed E-state index contributed by atoms with van der Waals surface area (Å²) in [6.45, 7) is 4.67. The van der Waals surface area contributed by atoms with Crippen molar-refractivity contribution in [2.75, 3.05) is 5.73 Å². The van der Waals surface area contributed by atoms with Crippen LogP contribution < -0.4 is 11.5 Å². The van der Waals surface area contributed by atoms with Crippen LogP contribution in [-0.2, 0) is 6.54 Å². The Bertz CT molecular complexity index is 2950. The van der Waals surface area contributed by atoms with Gasteiger partial charge in [-0.1, -0.05) is 109 Å². The standard InChI is InChI=1S/C45H32N4.C4H8/c46-38-15-8-10-31-27-39(47)35(44(31)38)23-24-48-40-20-18-30(26-37(40)45-33-13-5-4-9-28(33)17-22-43(45)48)29-19-21-42-36(25-29)34-14-6-7-16-41(34)49(42)32-11-2-1-3-12-32;1-3-4-2/h1-23,25-27H,24,46-47H2;3-4H,1-2H3/b35-23-;4-3-. The predicted molar refractivity (Wildman–Crippen MR) is 228 cm³/mol. The smallest absolute Gasteiger partial charge is 0.0541 e. The zero-order valence-corrected chi connectivity index (χ0v) is 29.9. The van der Waals surface area contributed by atoms with Crippen LogP contribution in [0.25, 0.3) is 82.8 Å². The molecule has 1 aliphatic carbocycles. The molecule has 7 aromatic carbocycles. The fourth-order valence-corrected chi connectivity index (χ4v) is 8.07. The predicted octanol–water partition coefficient (Wildman–Crippen LogP) is 12.3. The van der Waals surface area contributed by atoms with Crippen LogP contribution in [0.2, 0.25) is 0 Å². The summed E-state index contributed by atoms with van der Waals surface area (Å²) >= 11 is 0. The molecule has 0 aliphatic heterocycles. The second-order valence-electron chi connectivity index (χ2n) is 13.6. The molecule has 53 heavy (non-hydrogen) atoms. The first-order valence-corrected chi connectivity index (χ1v) is 18.2. The van der Waals surface area contributed by atoms with Gasteiger partial charge >= 0.3 is 0 Å². The average molecular weight is 685 g/mol. The van der Waals surface area contributed by atoms with Crippen molar-refractivity contribution in [3.05, 3.63) is 181 Å². The Hall–Kier alpha value is -6.78. The number of anilines is 1. The summed E-state index contributed by atoms with van der Waals surface area (Å²) in [5.74, 6) is 0. The van der Waals surface area contributed by atoms with E-state index in [1.165, 1.54) is 71.2 Å². The van der Waals surface area contributed by atoms with Gasteiger partial charge in [0.05, 0.1) is 16.6 Å². The van der Waals surface area contributed by atoms with Crippen LogP contribution in [0.3, 0.4) is 0 Å². The molecule has 4 nitrogen and oxygen atoms in total. The maximum Gasteiger partial charge on any atom is 0.0541 e. The van der Waals surface area contributed by atoms with Crippen molar-refractivity contribution in [1.82, 2.24) is 9.13 Å². The summed E-state index contributed by atoms with van der Waals surface area (Å²) in [4.78, 5) is 0. The molecular formula is C49H40N4. The number of para-hydroxylation sites is 2. The minimum atomic E-state index is 0.667. The number of nitrogens with zero attached hydrogens (tertiary/aromatic N) is 2. The number of aromatic nitrogens is 2. The van der Waals surface area contributed by atoms with Crippen molar-refractivity contribution >= 4 is 71.7 Å². The molecule has 4 heteroatoms. The summed E-state index contributed by atoms with van der Waals surface area (Å²) in [5.41, 5.74) is 26.0. The molecule has 0 saturated heterocycles. The van der Waals surface area contributed by atoms with Crippen LogP contribution >= 0.6 is 0 Å². The molecule has 4 N–H and O–H groups in total. The molecule has 0 atom stereocenters. The molecule has 0 amide bonds. The number of fused-ring (bicyclic) bond motifs is 9. The van der Waals surface area contributed by atoms with Gasteiger partial charge in [-0.25, -0.2) is 0 Å². The van der Waals surface area contributed by atoms with Crippen molar-refractivity contribution in [2.24, 2.45) is 5.73 Å². The number of hydrogen-bond donors (Lipinski definition) is 2. The number of hydrogen-bond acceptors (Lipinski definition) is 2. The van der Waals surface area contributed by atoms with Crippen LogP contribution in [-0.4, -0.2) is 9.13 Å². The van der Waals surface area contributed by atoms with Gasteiger partial charge < -0.3 is 20.6 Å². The van der Waals surface area contributed by atoms with Crippen LogP contribution in [0.1, 0.15) is 25.0 Å². The molecule has 9 aromatic rings. The van der Waals surface area contributed by atoms with E-state index in [1.54, 1.807) is 0 Å². The highest BCUT2D eigenvalue weighted by Gasteiger charge is 2.20. The summed E-state index contributed by atoms with van der Waals surface area (Å²) in [7, 11) is 0. The lowest BCUT2D eigenvalue weighted by Crippen LogP contribution is -2.01. The Kier molecular flexibility index (Phi) is 7.93. The summed E-state index contributed by atoms with van der Waals surface area (Å²) < 4.78 is 4.78. The number of rotatable bonds is 4. The highest BCUT2D eigenvalue weighted by molar-refractivity contribution is 6.21. The Morgan fingerprint density at radius 2 is 1.21 bits per heavy atom. The molecule has 10 rings (SSSR count). The van der Waals surface area contributed by atoms with Gasteiger partial charge in [-0.3, -0.25) is 0 Å². The van der Waals surface area contributed by atoms with E-state index in [4.69, 9.17) is 11.5 Å². The SMILES string of the molecule is C/C=C\C.NC1=Cc2cccc(N)c2/C1=C\Cn1c2ccc(-c3ccc4c(c3)c3ccccc3n4-c3ccccc3)cc2c2c3ccccc3ccc21. The maximum absolute atomic E-state index is 6.56. The molecule has 256 valence electrons. The first-order chi connectivity index (χ1) is 26.1. The molecule has 0 saturated carbocycles. The molecule has 0 bridgehead atoms. The van der Waals surface area contributed by atoms with E-state index in [-0.39, 0.29) is 0 Å². The molecule has 0 spiro atoms. The fraction of sp³-hybridized carbons (Fsp3) is 0.0612. The topological polar surface area (TPSA) is 61.9 Å². The van der Waals surface area contributed by atoms with Gasteiger partial charge in [0.25, 0.3) is 0 Å². The molecule has 1 aliphatic rings. The van der Waals surface area contributed by atoms with E-state index < -0.39 is 0 Å². The minimum Gasteiger partial charge on any atom is -0.398 e. The number of benzene rings is 7. The van der Waals surface area contributed by atoms with Gasteiger partial charge in [0.15, 0.2) is 0 Å². The highest BCUT2D eigenvalue weighted by Crippen LogP contribution is 2.41. The Labute approximate surface area is 309 Å². The van der Waals surface area contributed by atoms with Gasteiger partial charge in [0.2, 0.25) is 0 Å². The van der Waals surface area contributed by atoms with Crippen LogP contribution in [0, 0.1) is 0 Å². The zero-order valence-electron chi connectivity index (χ0n) is 29.9. The van der Waals surface area contributed by atoms with Gasteiger partial charge in [-0.05, 0) is 102 Å². The van der Waals surface area contributed by atoms with Crippen LogP contribution in [0.5, 0.6) is 0 Å². The maximum atomic E-state index is 6.56. The fourth-order valence-electron chi connectivity index (χ4n) is 8.07. The van der Waals surface area contributed by atoms with Crippen molar-refractivity contribution in [3.63, 3.8) is 0 Å². The van der Waals surface area contributed by atoms with Crippen molar-refractivity contribution in [1.29, 1.82) is 0 Å². The highest BCUT2D eigenvalue weighted by atomic mass is 15.0. The lowest BCUT2D eigenvalue weighted by molar-refractivity contribution is 0.900. The number of allylic oxidation sites excluding steroid dienone is 4. The number of nitrogens with two attached hydrogens (primary N) is 2. The number of nitrogen functional groups attached to an aromatic ring is 1. The molecule has 0 unspecified atom stereocenters. The lowest BCUT2D eigenvalue weighted by atomic mass is 9.99. The van der Waals surface area contributed by atoms with E-state index in [2.05, 4.69) is 149 Å². The Morgan fingerprint density at radius 1 is 0.547 bits per heavy atom. The van der Waals surface area contributed by atoms with E-state index in [0.29, 0.717) is 6.54 Å². The monoisotopic (exact) mass is 684 g/mol. The summed E-state index contributed by atoms with van der Waals surface area (Å²) in [6, 6.07) is 52.3. The second kappa shape index (κ2) is 13.1. The molecule has 0 fully saturated rings. The summed E-state index contributed by atoms with van der Waals surface area (Å²) in [5, 5.41) is 7.50. The van der Waals surface area contributed by atoms with Crippen molar-refractivity contribution in [2.45, 2.75) is 20.4 Å². The van der Waals surface area contributed by atoms with E-state index >= 15 is 0 Å².